The summed E-state index contributed by atoms with van der Waals surface area (Å²) in [7, 11) is -2.19. The van der Waals surface area contributed by atoms with Crippen molar-refractivity contribution in [2.24, 2.45) is 5.14 Å². The fourth-order valence-corrected chi connectivity index (χ4v) is 1.04. The minimum atomic E-state index is -3.68. The van der Waals surface area contributed by atoms with E-state index in [0.717, 1.165) is 0 Å². The maximum absolute atomic E-state index is 10.8. The van der Waals surface area contributed by atoms with E-state index in [1.165, 1.54) is 25.3 Å². The van der Waals surface area contributed by atoms with Crippen molar-refractivity contribution in [2.45, 2.75) is 6.92 Å². The molecule has 0 saturated carbocycles. The largest absolute Gasteiger partial charge is 0.501 e. The zero-order valence-corrected chi connectivity index (χ0v) is 8.47. The minimum absolute atomic E-state index is 0.0381. The van der Waals surface area contributed by atoms with Gasteiger partial charge < -0.3 is 4.74 Å². The maximum atomic E-state index is 10.8. The van der Waals surface area contributed by atoms with E-state index in [0.29, 0.717) is 5.76 Å². The van der Waals surface area contributed by atoms with Crippen molar-refractivity contribution in [1.82, 2.24) is 0 Å². The van der Waals surface area contributed by atoms with E-state index in [1.807, 2.05) is 0 Å². The number of allylic oxidation sites excluding steroid dienone is 4. The number of rotatable bonds is 4. The van der Waals surface area contributed by atoms with Crippen LogP contribution >= 0.6 is 0 Å². The number of hydrogen-bond donors (Lipinski definition) is 1. The molecule has 0 fully saturated rings. The summed E-state index contributed by atoms with van der Waals surface area (Å²) in [4.78, 5) is -0.0381. The SMILES string of the molecule is C=C/C(=C\C=C(/C)OC)S(N)(=O)=O. The molecule has 0 amide bonds. The number of hydrogen-bond acceptors (Lipinski definition) is 3. The maximum Gasteiger partial charge on any atom is 0.238 e. The Balaban J connectivity index is 4.92. The van der Waals surface area contributed by atoms with Gasteiger partial charge in [-0.3, -0.25) is 0 Å². The smallest absolute Gasteiger partial charge is 0.238 e. The normalized spacial score (nSPS) is 14.1. The van der Waals surface area contributed by atoms with Gasteiger partial charge in [-0.2, -0.15) is 0 Å². The van der Waals surface area contributed by atoms with Crippen LogP contribution in [0.2, 0.25) is 0 Å². The zero-order chi connectivity index (χ0) is 10.5. The van der Waals surface area contributed by atoms with Crippen LogP contribution in [0.15, 0.2) is 35.5 Å². The fraction of sp³-hybridized carbons (Fsp3) is 0.250. The van der Waals surface area contributed by atoms with Gasteiger partial charge in [-0.05, 0) is 25.2 Å². The fourth-order valence-electron chi connectivity index (χ4n) is 0.547. The average molecular weight is 203 g/mol. The summed E-state index contributed by atoms with van der Waals surface area (Å²) in [5, 5.41) is 4.88. The van der Waals surface area contributed by atoms with Crippen molar-refractivity contribution in [2.75, 3.05) is 7.11 Å². The molecular weight excluding hydrogens is 190 g/mol. The minimum Gasteiger partial charge on any atom is -0.501 e. The first-order valence-corrected chi connectivity index (χ1v) is 5.04. The lowest BCUT2D eigenvalue weighted by Crippen LogP contribution is -2.12. The Morgan fingerprint density at radius 2 is 2.00 bits per heavy atom. The molecular formula is C8H13NO3S. The van der Waals surface area contributed by atoms with Gasteiger partial charge in [0.1, 0.15) is 0 Å². The van der Waals surface area contributed by atoms with E-state index >= 15 is 0 Å². The topological polar surface area (TPSA) is 69.4 Å². The molecule has 2 N–H and O–H groups in total. The summed E-state index contributed by atoms with van der Waals surface area (Å²) in [6.45, 7) is 5.03. The predicted octanol–water partition coefficient (Wildman–Crippen LogP) is 0.895. The van der Waals surface area contributed by atoms with Gasteiger partial charge in [-0.1, -0.05) is 6.58 Å². The highest BCUT2D eigenvalue weighted by atomic mass is 32.2. The van der Waals surface area contributed by atoms with Crippen LogP contribution in [-0.4, -0.2) is 15.5 Å². The van der Waals surface area contributed by atoms with Gasteiger partial charge >= 0.3 is 0 Å². The third-order valence-electron chi connectivity index (χ3n) is 1.33. The summed E-state index contributed by atoms with van der Waals surface area (Å²) >= 11 is 0. The van der Waals surface area contributed by atoms with Crippen molar-refractivity contribution in [1.29, 1.82) is 0 Å². The van der Waals surface area contributed by atoms with Gasteiger partial charge in [0.15, 0.2) is 0 Å². The van der Waals surface area contributed by atoms with Gasteiger partial charge in [-0.25, -0.2) is 13.6 Å². The molecule has 0 heterocycles. The van der Waals surface area contributed by atoms with E-state index < -0.39 is 10.0 Å². The third kappa shape index (κ3) is 4.49. The number of nitrogens with two attached hydrogens (primary N) is 1. The Labute approximate surface area is 78.4 Å². The second kappa shape index (κ2) is 4.84. The molecule has 0 atom stereocenters. The number of ether oxygens (including phenoxy) is 1. The van der Waals surface area contributed by atoms with Crippen LogP contribution in [0.5, 0.6) is 0 Å². The standard InChI is InChI=1S/C8H13NO3S/c1-4-8(13(9,10)11)6-5-7(2)12-3/h4-6H,1H2,2-3H3,(H2,9,10,11)/b7-5+,8-6+. The van der Waals surface area contributed by atoms with E-state index in [1.54, 1.807) is 6.92 Å². The number of sulfonamides is 1. The van der Waals surface area contributed by atoms with Crippen LogP contribution < -0.4 is 5.14 Å². The molecule has 0 aromatic heterocycles. The van der Waals surface area contributed by atoms with Crippen molar-refractivity contribution < 1.29 is 13.2 Å². The molecule has 0 aliphatic rings. The molecule has 0 spiro atoms. The molecule has 0 rings (SSSR count). The van der Waals surface area contributed by atoms with Crippen molar-refractivity contribution in [3.05, 3.63) is 35.5 Å². The molecule has 0 saturated heterocycles. The van der Waals surface area contributed by atoms with Crippen molar-refractivity contribution in [3.8, 4) is 0 Å². The zero-order valence-electron chi connectivity index (χ0n) is 7.65. The number of methoxy groups -OCH3 is 1. The summed E-state index contributed by atoms with van der Waals surface area (Å²) in [5.74, 6) is 0.586. The first-order valence-electron chi connectivity index (χ1n) is 3.49. The Morgan fingerprint density at radius 3 is 2.31 bits per heavy atom. The first kappa shape index (κ1) is 11.9. The van der Waals surface area contributed by atoms with E-state index in [9.17, 15) is 8.42 Å². The van der Waals surface area contributed by atoms with Gasteiger partial charge in [0.05, 0.1) is 17.8 Å². The highest BCUT2D eigenvalue weighted by Gasteiger charge is 2.05. The monoisotopic (exact) mass is 203 g/mol. The number of primary sulfonamides is 1. The summed E-state index contributed by atoms with van der Waals surface area (Å²) in [6, 6.07) is 0. The molecule has 0 unspecified atom stereocenters. The summed E-state index contributed by atoms with van der Waals surface area (Å²) in [5.41, 5.74) is 0. The molecule has 0 aromatic rings. The molecule has 13 heavy (non-hydrogen) atoms. The summed E-state index contributed by atoms with van der Waals surface area (Å²) < 4.78 is 26.5. The Hall–Kier alpha value is -1.07. The highest BCUT2D eigenvalue weighted by Crippen LogP contribution is 2.04. The Kier molecular flexibility index (Phi) is 4.44. The second-order valence-corrected chi connectivity index (χ2v) is 3.86. The second-order valence-electron chi connectivity index (χ2n) is 2.30. The van der Waals surface area contributed by atoms with Crippen LogP contribution in [0.25, 0.3) is 0 Å². The molecule has 5 heteroatoms. The summed E-state index contributed by atoms with van der Waals surface area (Å²) in [6.07, 6.45) is 4.01. The molecule has 74 valence electrons. The molecule has 0 radical (unpaired) electrons. The van der Waals surface area contributed by atoms with Gasteiger partial charge in [0, 0.05) is 0 Å². The van der Waals surface area contributed by atoms with E-state index in [-0.39, 0.29) is 4.91 Å². The molecule has 0 aliphatic heterocycles. The van der Waals surface area contributed by atoms with Crippen LogP contribution in [0.3, 0.4) is 0 Å². The lowest BCUT2D eigenvalue weighted by Gasteiger charge is -1.97. The van der Waals surface area contributed by atoms with Crippen molar-refractivity contribution in [3.63, 3.8) is 0 Å². The van der Waals surface area contributed by atoms with Gasteiger partial charge in [0.2, 0.25) is 10.0 Å². The molecule has 0 aromatic carbocycles. The van der Waals surface area contributed by atoms with E-state index in [2.05, 4.69) is 6.58 Å². The molecule has 4 nitrogen and oxygen atoms in total. The Morgan fingerprint density at radius 1 is 1.46 bits per heavy atom. The predicted molar refractivity (Wildman–Crippen MR) is 52.2 cm³/mol. The third-order valence-corrected chi connectivity index (χ3v) is 2.29. The van der Waals surface area contributed by atoms with Crippen LogP contribution in [0.1, 0.15) is 6.92 Å². The highest BCUT2D eigenvalue weighted by molar-refractivity contribution is 7.93. The first-order chi connectivity index (χ1) is 5.91. The lowest BCUT2D eigenvalue weighted by atomic mass is 10.4. The van der Waals surface area contributed by atoms with Crippen LogP contribution in [0, 0.1) is 0 Å². The van der Waals surface area contributed by atoms with Crippen LogP contribution in [0.4, 0.5) is 0 Å². The Bertz CT molecular complexity index is 338. The molecule has 0 bridgehead atoms. The quantitative estimate of drug-likeness (QED) is 0.545. The van der Waals surface area contributed by atoms with Crippen molar-refractivity contribution >= 4 is 10.0 Å². The lowest BCUT2D eigenvalue weighted by molar-refractivity contribution is 0.294. The van der Waals surface area contributed by atoms with Gasteiger partial charge in [-0.15, -0.1) is 0 Å². The van der Waals surface area contributed by atoms with E-state index in [4.69, 9.17) is 9.88 Å². The molecule has 0 aliphatic carbocycles. The van der Waals surface area contributed by atoms with Gasteiger partial charge in [0.25, 0.3) is 0 Å². The average Bonchev–Trinajstić information content (AvgIpc) is 2.02. The van der Waals surface area contributed by atoms with Crippen LogP contribution in [-0.2, 0) is 14.8 Å².